The van der Waals surface area contributed by atoms with Gasteiger partial charge >= 0.3 is 0 Å². The minimum atomic E-state index is 0.755. The molecule has 1 aromatic heterocycles. The van der Waals surface area contributed by atoms with Crippen molar-refractivity contribution in [1.29, 1.82) is 0 Å². The van der Waals surface area contributed by atoms with Crippen LogP contribution in [0.5, 0.6) is 0 Å². The van der Waals surface area contributed by atoms with E-state index in [0.717, 1.165) is 39.5 Å². The van der Waals surface area contributed by atoms with Crippen LogP contribution in [0, 0.1) is 0 Å². The average molecular weight is 226 g/mol. The van der Waals surface area contributed by atoms with Gasteiger partial charge < -0.3 is 19.4 Å². The molecule has 92 valence electrons. The smallest absolute Gasteiger partial charge is 0.0645 e. The minimum Gasteiger partial charge on any atom is -0.383 e. The molecule has 0 spiro atoms. The van der Waals surface area contributed by atoms with Gasteiger partial charge in [0.1, 0.15) is 0 Å². The van der Waals surface area contributed by atoms with Crippen LogP contribution in [0.4, 0.5) is 0 Å². The summed E-state index contributed by atoms with van der Waals surface area (Å²) in [5, 5.41) is 3.31. The molecule has 0 radical (unpaired) electrons. The van der Waals surface area contributed by atoms with Crippen molar-refractivity contribution >= 4 is 0 Å². The van der Waals surface area contributed by atoms with Gasteiger partial charge in [0, 0.05) is 45.7 Å². The van der Waals surface area contributed by atoms with Crippen LogP contribution in [0.15, 0.2) is 18.5 Å². The number of nitrogens with one attached hydrogen (secondary N) is 1. The third-order valence-corrected chi connectivity index (χ3v) is 2.32. The summed E-state index contributed by atoms with van der Waals surface area (Å²) >= 11 is 0. The van der Waals surface area contributed by atoms with Crippen molar-refractivity contribution in [3.63, 3.8) is 0 Å². The van der Waals surface area contributed by atoms with Gasteiger partial charge in [-0.15, -0.1) is 0 Å². The summed E-state index contributed by atoms with van der Waals surface area (Å²) in [6.07, 6.45) is 4.24. The molecular formula is C12H22N2O2. The predicted molar refractivity (Wildman–Crippen MR) is 64.5 cm³/mol. The normalized spacial score (nSPS) is 10.9. The fourth-order valence-electron chi connectivity index (χ4n) is 1.46. The van der Waals surface area contributed by atoms with Crippen LogP contribution in [0.1, 0.15) is 12.5 Å². The molecule has 1 heterocycles. The van der Waals surface area contributed by atoms with Crippen molar-refractivity contribution in [2.45, 2.75) is 20.0 Å². The molecule has 0 unspecified atom stereocenters. The van der Waals surface area contributed by atoms with Crippen LogP contribution in [-0.2, 0) is 22.6 Å². The standard InChI is InChI=1S/C12H22N2O2/c1-3-16-9-7-14-6-4-12(11-14)10-13-5-8-15-2/h4,6,11,13H,3,5,7-10H2,1-2H3. The van der Waals surface area contributed by atoms with Crippen molar-refractivity contribution in [3.05, 3.63) is 24.0 Å². The van der Waals surface area contributed by atoms with Crippen molar-refractivity contribution in [1.82, 2.24) is 9.88 Å². The number of hydrogen-bond donors (Lipinski definition) is 1. The third kappa shape index (κ3) is 5.30. The highest BCUT2D eigenvalue weighted by Crippen LogP contribution is 2.00. The number of ether oxygens (including phenoxy) is 2. The van der Waals surface area contributed by atoms with Crippen LogP contribution in [0.3, 0.4) is 0 Å². The van der Waals surface area contributed by atoms with Gasteiger partial charge in [0.15, 0.2) is 0 Å². The molecule has 0 fully saturated rings. The Bertz CT molecular complexity index is 274. The zero-order chi connectivity index (χ0) is 11.6. The molecule has 0 amide bonds. The topological polar surface area (TPSA) is 35.4 Å². The molecule has 0 bridgehead atoms. The second-order valence-corrected chi connectivity index (χ2v) is 3.62. The lowest BCUT2D eigenvalue weighted by atomic mass is 10.3. The van der Waals surface area contributed by atoms with Crippen LogP contribution < -0.4 is 5.32 Å². The van der Waals surface area contributed by atoms with E-state index in [1.165, 1.54) is 5.56 Å². The highest BCUT2D eigenvalue weighted by atomic mass is 16.5. The summed E-state index contributed by atoms with van der Waals surface area (Å²) in [7, 11) is 1.71. The summed E-state index contributed by atoms with van der Waals surface area (Å²) < 4.78 is 12.4. The monoisotopic (exact) mass is 226 g/mol. The fraction of sp³-hybridized carbons (Fsp3) is 0.667. The summed E-state index contributed by atoms with van der Waals surface area (Å²) in [6.45, 7) is 7.04. The number of rotatable bonds is 9. The third-order valence-electron chi connectivity index (χ3n) is 2.32. The molecule has 1 N–H and O–H groups in total. The molecule has 4 nitrogen and oxygen atoms in total. The Balaban J connectivity index is 2.17. The molecule has 0 saturated carbocycles. The predicted octanol–water partition coefficient (Wildman–Crippen LogP) is 1.26. The molecule has 0 atom stereocenters. The minimum absolute atomic E-state index is 0.755. The van der Waals surface area contributed by atoms with Crippen molar-refractivity contribution in [2.24, 2.45) is 0 Å². The fourth-order valence-corrected chi connectivity index (χ4v) is 1.46. The lowest BCUT2D eigenvalue weighted by Crippen LogP contribution is -2.18. The molecule has 0 aliphatic rings. The number of methoxy groups -OCH3 is 1. The van der Waals surface area contributed by atoms with Gasteiger partial charge in [-0.05, 0) is 18.6 Å². The summed E-state index contributed by atoms with van der Waals surface area (Å²) in [5.74, 6) is 0. The highest BCUT2D eigenvalue weighted by molar-refractivity contribution is 5.09. The van der Waals surface area contributed by atoms with Crippen LogP contribution in [0.2, 0.25) is 0 Å². The van der Waals surface area contributed by atoms with E-state index < -0.39 is 0 Å². The van der Waals surface area contributed by atoms with Gasteiger partial charge in [-0.3, -0.25) is 0 Å². The first-order valence-electron chi connectivity index (χ1n) is 5.79. The molecule has 4 heteroatoms. The Kier molecular flexibility index (Phi) is 6.88. The molecule has 1 rings (SSSR count). The molecule has 0 aliphatic carbocycles. The molecule has 0 saturated heterocycles. The maximum absolute atomic E-state index is 5.31. The van der Waals surface area contributed by atoms with Crippen molar-refractivity contribution in [2.75, 3.05) is 33.5 Å². The van der Waals surface area contributed by atoms with Crippen molar-refractivity contribution in [3.8, 4) is 0 Å². The summed E-state index contributed by atoms with van der Waals surface area (Å²) in [5.41, 5.74) is 1.30. The lowest BCUT2D eigenvalue weighted by Gasteiger charge is -2.03. The molecule has 0 aliphatic heterocycles. The number of nitrogens with zero attached hydrogens (tertiary/aromatic N) is 1. The van der Waals surface area contributed by atoms with E-state index in [9.17, 15) is 0 Å². The lowest BCUT2D eigenvalue weighted by molar-refractivity contribution is 0.139. The second kappa shape index (κ2) is 8.33. The van der Waals surface area contributed by atoms with Gasteiger partial charge in [-0.2, -0.15) is 0 Å². The van der Waals surface area contributed by atoms with Gasteiger partial charge in [-0.25, -0.2) is 0 Å². The van der Waals surface area contributed by atoms with E-state index in [2.05, 4.69) is 28.3 Å². The zero-order valence-electron chi connectivity index (χ0n) is 10.2. The first-order valence-corrected chi connectivity index (χ1v) is 5.79. The van der Waals surface area contributed by atoms with Gasteiger partial charge in [0.05, 0.1) is 13.2 Å². The second-order valence-electron chi connectivity index (χ2n) is 3.62. The maximum atomic E-state index is 5.31. The van der Waals surface area contributed by atoms with E-state index in [1.54, 1.807) is 7.11 Å². The van der Waals surface area contributed by atoms with Crippen molar-refractivity contribution < 1.29 is 9.47 Å². The van der Waals surface area contributed by atoms with E-state index in [4.69, 9.17) is 9.47 Å². The quantitative estimate of drug-likeness (QED) is 0.644. The number of aromatic nitrogens is 1. The van der Waals surface area contributed by atoms with E-state index >= 15 is 0 Å². The van der Waals surface area contributed by atoms with Gasteiger partial charge in [0.25, 0.3) is 0 Å². The van der Waals surface area contributed by atoms with E-state index in [0.29, 0.717) is 0 Å². The van der Waals surface area contributed by atoms with Crippen LogP contribution >= 0.6 is 0 Å². The van der Waals surface area contributed by atoms with E-state index in [-0.39, 0.29) is 0 Å². The Labute approximate surface area is 97.5 Å². The molecule has 16 heavy (non-hydrogen) atoms. The van der Waals surface area contributed by atoms with Gasteiger partial charge in [0.2, 0.25) is 0 Å². The molecule has 0 aromatic carbocycles. The zero-order valence-corrected chi connectivity index (χ0v) is 10.2. The van der Waals surface area contributed by atoms with E-state index in [1.807, 2.05) is 6.92 Å². The largest absolute Gasteiger partial charge is 0.383 e. The molecule has 1 aromatic rings. The summed E-state index contributed by atoms with van der Waals surface area (Å²) in [4.78, 5) is 0. The first-order chi connectivity index (χ1) is 7.86. The first kappa shape index (κ1) is 13.2. The Morgan fingerprint density at radius 2 is 2.25 bits per heavy atom. The maximum Gasteiger partial charge on any atom is 0.0645 e. The van der Waals surface area contributed by atoms with Gasteiger partial charge in [-0.1, -0.05) is 0 Å². The van der Waals surface area contributed by atoms with Crippen LogP contribution in [0.25, 0.3) is 0 Å². The molecular weight excluding hydrogens is 204 g/mol. The highest BCUT2D eigenvalue weighted by Gasteiger charge is 1.96. The summed E-state index contributed by atoms with van der Waals surface area (Å²) in [6, 6.07) is 2.13. The Morgan fingerprint density at radius 3 is 3.00 bits per heavy atom. The average Bonchev–Trinajstić information content (AvgIpc) is 2.73. The van der Waals surface area contributed by atoms with Crippen LogP contribution in [-0.4, -0.2) is 38.0 Å². The Morgan fingerprint density at radius 1 is 1.38 bits per heavy atom. The Hall–Kier alpha value is -0.840. The number of hydrogen-bond acceptors (Lipinski definition) is 3. The SMILES string of the molecule is CCOCCn1ccc(CNCCOC)c1.